The smallest absolute Gasteiger partial charge is 0.225 e. The number of likely N-dealkylation sites (tertiary alicyclic amines) is 2. The van der Waals surface area contributed by atoms with Crippen molar-refractivity contribution < 1.29 is 9.59 Å². The molecular formula is C15H28N2O2. The van der Waals surface area contributed by atoms with Crippen LogP contribution in [0.3, 0.4) is 0 Å². The highest BCUT2D eigenvalue weighted by Crippen LogP contribution is 2.23. The van der Waals surface area contributed by atoms with Gasteiger partial charge in [-0.1, -0.05) is 13.8 Å². The van der Waals surface area contributed by atoms with Gasteiger partial charge >= 0.3 is 0 Å². The summed E-state index contributed by atoms with van der Waals surface area (Å²) in [6.07, 6.45) is 2.86. The van der Waals surface area contributed by atoms with Crippen LogP contribution < -0.4 is 0 Å². The molecule has 2 fully saturated rings. The van der Waals surface area contributed by atoms with Crippen LogP contribution >= 0.6 is 0 Å². The molecule has 0 radical (unpaired) electrons. The molecule has 2 amide bonds. The van der Waals surface area contributed by atoms with Gasteiger partial charge in [-0.15, -0.1) is 0 Å². The van der Waals surface area contributed by atoms with E-state index < -0.39 is 0 Å². The third-order valence-corrected chi connectivity index (χ3v) is 4.01. The summed E-state index contributed by atoms with van der Waals surface area (Å²) in [4.78, 5) is 26.0. The maximum atomic E-state index is 11.3. The second-order valence-electron chi connectivity index (χ2n) is 6.18. The van der Waals surface area contributed by atoms with Crippen molar-refractivity contribution in [2.45, 2.75) is 53.0 Å². The fourth-order valence-corrected chi connectivity index (χ4v) is 2.68. The molecule has 1 unspecified atom stereocenters. The molecule has 0 saturated carbocycles. The first-order valence-corrected chi connectivity index (χ1v) is 7.39. The zero-order chi connectivity index (χ0) is 14.6. The van der Waals surface area contributed by atoms with E-state index in [9.17, 15) is 9.59 Å². The van der Waals surface area contributed by atoms with Crippen LogP contribution in [0, 0.1) is 11.8 Å². The summed E-state index contributed by atoms with van der Waals surface area (Å²) >= 11 is 0. The predicted molar refractivity (Wildman–Crippen MR) is 76.7 cm³/mol. The Morgan fingerprint density at radius 3 is 1.95 bits per heavy atom. The van der Waals surface area contributed by atoms with Gasteiger partial charge in [-0.3, -0.25) is 9.59 Å². The molecule has 2 aliphatic heterocycles. The highest BCUT2D eigenvalue weighted by molar-refractivity contribution is 5.80. The molecule has 4 nitrogen and oxygen atoms in total. The van der Waals surface area contributed by atoms with Gasteiger partial charge in [0.2, 0.25) is 11.8 Å². The predicted octanol–water partition coefficient (Wildman–Crippen LogP) is 2.14. The monoisotopic (exact) mass is 268 g/mol. The van der Waals surface area contributed by atoms with Crippen LogP contribution in [0.4, 0.5) is 0 Å². The summed E-state index contributed by atoms with van der Waals surface area (Å²) in [5.41, 5.74) is 0. The van der Waals surface area contributed by atoms with Crippen LogP contribution in [0.2, 0.25) is 0 Å². The van der Waals surface area contributed by atoms with Crippen molar-refractivity contribution >= 4 is 11.8 Å². The summed E-state index contributed by atoms with van der Waals surface area (Å²) in [6, 6.07) is 0.403. The Labute approximate surface area is 117 Å². The maximum absolute atomic E-state index is 11.3. The summed E-state index contributed by atoms with van der Waals surface area (Å²) in [5, 5.41) is 0. The van der Waals surface area contributed by atoms with E-state index in [-0.39, 0.29) is 0 Å². The van der Waals surface area contributed by atoms with Gasteiger partial charge in [0.05, 0.1) is 0 Å². The number of rotatable bonds is 2. The van der Waals surface area contributed by atoms with E-state index in [1.165, 1.54) is 0 Å². The highest BCUT2D eigenvalue weighted by atomic mass is 16.2. The first-order valence-electron chi connectivity index (χ1n) is 7.39. The fraction of sp³-hybridized carbons (Fsp3) is 0.867. The molecular weight excluding hydrogens is 240 g/mol. The number of hydrogen-bond donors (Lipinski definition) is 0. The van der Waals surface area contributed by atoms with Crippen molar-refractivity contribution in [3.8, 4) is 0 Å². The minimum absolute atomic E-state index is 0.296. The van der Waals surface area contributed by atoms with E-state index in [1.54, 1.807) is 0 Å². The summed E-state index contributed by atoms with van der Waals surface area (Å²) in [5.74, 6) is 1.46. The van der Waals surface area contributed by atoms with Crippen LogP contribution in [0.5, 0.6) is 0 Å². The number of hydrogen-bond acceptors (Lipinski definition) is 2. The number of amides is 2. The molecule has 1 atom stereocenters. The van der Waals surface area contributed by atoms with Crippen LogP contribution in [0.25, 0.3) is 0 Å². The van der Waals surface area contributed by atoms with E-state index in [0.717, 1.165) is 32.4 Å². The molecule has 0 aromatic rings. The van der Waals surface area contributed by atoms with Crippen LogP contribution in [0.1, 0.15) is 47.0 Å². The highest BCUT2D eigenvalue weighted by Gasteiger charge is 2.30. The lowest BCUT2D eigenvalue weighted by atomic mass is 9.95. The van der Waals surface area contributed by atoms with Gasteiger partial charge in [0.25, 0.3) is 0 Å². The Kier molecular flexibility index (Phi) is 5.83. The largest absolute Gasteiger partial charge is 0.345 e. The van der Waals surface area contributed by atoms with Gasteiger partial charge in [0.1, 0.15) is 0 Å². The first-order chi connectivity index (χ1) is 8.84. The molecule has 0 N–H and O–H groups in total. The minimum Gasteiger partial charge on any atom is -0.345 e. The zero-order valence-electron chi connectivity index (χ0n) is 13.0. The van der Waals surface area contributed by atoms with E-state index in [0.29, 0.717) is 29.7 Å². The lowest BCUT2D eigenvalue weighted by molar-refractivity contribution is -0.131. The van der Waals surface area contributed by atoms with E-state index in [2.05, 4.69) is 27.7 Å². The molecule has 110 valence electrons. The number of carbonyl (C=O) groups is 2. The second kappa shape index (κ2) is 6.92. The van der Waals surface area contributed by atoms with Gasteiger partial charge in [-0.25, -0.2) is 0 Å². The van der Waals surface area contributed by atoms with Crippen LogP contribution in [0.15, 0.2) is 0 Å². The van der Waals surface area contributed by atoms with Gasteiger partial charge in [0, 0.05) is 38.5 Å². The van der Waals surface area contributed by atoms with Crippen molar-refractivity contribution in [2.24, 2.45) is 11.8 Å². The molecule has 4 heteroatoms. The first kappa shape index (κ1) is 16.0. The second-order valence-corrected chi connectivity index (χ2v) is 6.18. The normalized spacial score (nSPS) is 23.4. The van der Waals surface area contributed by atoms with E-state index >= 15 is 0 Å². The van der Waals surface area contributed by atoms with Gasteiger partial charge in [-0.2, -0.15) is 0 Å². The molecule has 2 aliphatic rings. The summed E-state index contributed by atoms with van der Waals surface area (Å²) in [6.45, 7) is 10.3. The van der Waals surface area contributed by atoms with Crippen LogP contribution in [-0.2, 0) is 9.59 Å². The van der Waals surface area contributed by atoms with Crippen molar-refractivity contribution in [1.82, 2.24) is 9.80 Å². The quantitative estimate of drug-likeness (QED) is 0.770. The Balaban J connectivity index is 0.000000191. The van der Waals surface area contributed by atoms with Crippen LogP contribution in [-0.4, -0.2) is 47.8 Å². The molecule has 0 aliphatic carbocycles. The number of carbonyl (C=O) groups excluding carboxylic acids is 2. The average Bonchev–Trinajstić information content (AvgIpc) is 2.88. The molecule has 2 saturated heterocycles. The van der Waals surface area contributed by atoms with E-state index in [4.69, 9.17) is 0 Å². The SMILES string of the molecule is CC(C)C1CCN(C)C1=O.CC(C)N1CCCC1=O. The molecule has 19 heavy (non-hydrogen) atoms. The van der Waals surface area contributed by atoms with E-state index in [1.807, 2.05) is 16.8 Å². The summed E-state index contributed by atoms with van der Waals surface area (Å²) < 4.78 is 0. The van der Waals surface area contributed by atoms with Crippen molar-refractivity contribution in [3.63, 3.8) is 0 Å². The standard InChI is InChI=1S/C8H15NO.C7H13NO/c1-6(2)7-4-5-9(3)8(7)10;1-6(2)8-5-3-4-7(8)9/h6-7H,4-5H2,1-3H3;6H,3-5H2,1-2H3. The molecule has 0 spiro atoms. The Bertz CT molecular complexity index is 326. The topological polar surface area (TPSA) is 40.6 Å². The third kappa shape index (κ3) is 4.22. The fourth-order valence-electron chi connectivity index (χ4n) is 2.68. The molecule has 0 aromatic carbocycles. The minimum atomic E-state index is 0.296. The lowest BCUT2D eigenvalue weighted by Gasteiger charge is -2.19. The molecule has 0 bridgehead atoms. The van der Waals surface area contributed by atoms with Gasteiger partial charge in [0.15, 0.2) is 0 Å². The Morgan fingerprint density at radius 1 is 1.11 bits per heavy atom. The Morgan fingerprint density at radius 2 is 1.74 bits per heavy atom. The van der Waals surface area contributed by atoms with Crippen molar-refractivity contribution in [2.75, 3.05) is 20.1 Å². The average molecular weight is 268 g/mol. The maximum Gasteiger partial charge on any atom is 0.225 e. The third-order valence-electron chi connectivity index (χ3n) is 4.01. The van der Waals surface area contributed by atoms with Crippen molar-refractivity contribution in [3.05, 3.63) is 0 Å². The lowest BCUT2D eigenvalue weighted by Crippen LogP contribution is -2.31. The van der Waals surface area contributed by atoms with Gasteiger partial charge < -0.3 is 9.80 Å². The summed E-state index contributed by atoms with van der Waals surface area (Å²) in [7, 11) is 1.88. The molecule has 0 aromatic heterocycles. The zero-order valence-corrected chi connectivity index (χ0v) is 13.0. The van der Waals surface area contributed by atoms with Gasteiger partial charge in [-0.05, 0) is 32.6 Å². The molecule has 2 heterocycles. The van der Waals surface area contributed by atoms with Crippen molar-refractivity contribution in [1.29, 1.82) is 0 Å². The Hall–Kier alpha value is -1.06. The number of nitrogens with zero attached hydrogens (tertiary/aromatic N) is 2. The molecule has 2 rings (SSSR count).